The molecule has 1 aromatic rings. The summed E-state index contributed by atoms with van der Waals surface area (Å²) in [5, 5.41) is 3.09. The number of ether oxygens (including phenoxy) is 1. The molecule has 0 spiro atoms. The van der Waals surface area contributed by atoms with E-state index in [1.807, 2.05) is 29.2 Å². The molecule has 1 N–H and O–H groups in total. The van der Waals surface area contributed by atoms with E-state index < -0.39 is 6.10 Å². The molecule has 0 aromatic heterocycles. The lowest BCUT2D eigenvalue weighted by atomic mass is 10.0. The Kier molecular flexibility index (Phi) is 8.14. The Hall–Kier alpha value is -2.04. The summed E-state index contributed by atoms with van der Waals surface area (Å²) in [6, 6.07) is 7.98. The van der Waals surface area contributed by atoms with E-state index in [1.165, 1.54) is 0 Å². The summed E-state index contributed by atoms with van der Waals surface area (Å²) in [6.45, 7) is 9.55. The molecule has 2 amide bonds. The van der Waals surface area contributed by atoms with Gasteiger partial charge < -0.3 is 15.0 Å². The fraction of sp³-hybridized carbons (Fsp3) is 0.636. The average Bonchev–Trinajstić information content (AvgIpc) is 2.66. The first-order valence-corrected chi connectivity index (χ1v) is 10.3. The average molecular weight is 375 g/mol. The summed E-state index contributed by atoms with van der Waals surface area (Å²) in [5.74, 6) is 1.26. The predicted octanol–water partition coefficient (Wildman–Crippen LogP) is 3.87. The molecule has 1 heterocycles. The van der Waals surface area contributed by atoms with Crippen LogP contribution < -0.4 is 10.1 Å². The van der Waals surface area contributed by atoms with E-state index in [4.69, 9.17) is 4.74 Å². The topological polar surface area (TPSA) is 58.6 Å². The van der Waals surface area contributed by atoms with Crippen LogP contribution in [0.2, 0.25) is 0 Å². The molecule has 1 aliphatic rings. The zero-order chi connectivity index (χ0) is 19.8. The van der Waals surface area contributed by atoms with Crippen LogP contribution in [0.15, 0.2) is 24.3 Å². The number of unbranched alkanes of at least 4 members (excludes halogenated alkanes) is 1. The van der Waals surface area contributed by atoms with Gasteiger partial charge in [0.1, 0.15) is 5.75 Å². The lowest BCUT2D eigenvalue weighted by Crippen LogP contribution is -2.49. The van der Waals surface area contributed by atoms with Crippen LogP contribution in [0.3, 0.4) is 0 Å². The number of rotatable bonds is 8. The highest BCUT2D eigenvalue weighted by atomic mass is 16.5. The molecule has 150 valence electrons. The molecule has 27 heavy (non-hydrogen) atoms. The maximum atomic E-state index is 12.5. The highest BCUT2D eigenvalue weighted by Gasteiger charge is 2.25. The van der Waals surface area contributed by atoms with Crippen LogP contribution in [-0.4, -0.2) is 41.9 Å². The molecular formula is C22H34N2O3. The second kappa shape index (κ2) is 10.3. The Morgan fingerprint density at radius 3 is 2.48 bits per heavy atom. The van der Waals surface area contributed by atoms with Gasteiger partial charge in [-0.2, -0.15) is 0 Å². The number of para-hydroxylation sites is 1. The molecular weight excluding hydrogens is 340 g/mol. The predicted molar refractivity (Wildman–Crippen MR) is 108 cm³/mol. The van der Waals surface area contributed by atoms with Crippen LogP contribution in [0.1, 0.15) is 71.3 Å². The molecule has 0 bridgehead atoms. The second-order valence-electron chi connectivity index (χ2n) is 7.72. The SMILES string of the molecule is CCCCC(=O)N1CCC(NC(=O)C(C)Oc2ccccc2C(C)C)CC1. The summed E-state index contributed by atoms with van der Waals surface area (Å²) in [6.07, 6.45) is 3.68. The van der Waals surface area contributed by atoms with Gasteiger partial charge in [-0.05, 0) is 43.7 Å². The lowest BCUT2D eigenvalue weighted by Gasteiger charge is -2.33. The van der Waals surface area contributed by atoms with Gasteiger partial charge in [0.2, 0.25) is 5.91 Å². The highest BCUT2D eigenvalue weighted by Crippen LogP contribution is 2.26. The Morgan fingerprint density at radius 1 is 1.19 bits per heavy atom. The Balaban J connectivity index is 1.81. The monoisotopic (exact) mass is 374 g/mol. The van der Waals surface area contributed by atoms with E-state index >= 15 is 0 Å². The van der Waals surface area contributed by atoms with Crippen LogP contribution in [-0.2, 0) is 9.59 Å². The fourth-order valence-electron chi connectivity index (χ4n) is 3.39. The normalized spacial score (nSPS) is 16.3. The largest absolute Gasteiger partial charge is 0.481 e. The standard InChI is InChI=1S/C22H34N2O3/c1-5-6-11-21(25)24-14-12-18(13-15-24)23-22(26)17(4)27-20-10-8-7-9-19(20)16(2)3/h7-10,16-18H,5-6,11-15H2,1-4H3,(H,23,26). The van der Waals surface area contributed by atoms with Crippen molar-refractivity contribution in [2.45, 2.75) is 77.9 Å². The van der Waals surface area contributed by atoms with Crippen LogP contribution >= 0.6 is 0 Å². The number of carbonyl (C=O) groups is 2. The number of nitrogens with one attached hydrogen (secondary N) is 1. The number of hydrogen-bond acceptors (Lipinski definition) is 3. The first-order valence-electron chi connectivity index (χ1n) is 10.3. The van der Waals surface area contributed by atoms with Crippen LogP contribution in [0, 0.1) is 0 Å². The van der Waals surface area contributed by atoms with Crippen molar-refractivity contribution in [3.05, 3.63) is 29.8 Å². The van der Waals surface area contributed by atoms with Gasteiger partial charge in [-0.15, -0.1) is 0 Å². The summed E-state index contributed by atoms with van der Waals surface area (Å²) in [5.41, 5.74) is 1.11. The van der Waals surface area contributed by atoms with E-state index in [2.05, 4.69) is 26.1 Å². The molecule has 2 rings (SSSR count). The molecule has 1 aliphatic heterocycles. The smallest absolute Gasteiger partial charge is 0.260 e. The molecule has 1 unspecified atom stereocenters. The fourth-order valence-corrected chi connectivity index (χ4v) is 3.39. The third-order valence-corrected chi connectivity index (χ3v) is 5.15. The van der Waals surface area contributed by atoms with Crippen LogP contribution in [0.5, 0.6) is 5.75 Å². The first-order chi connectivity index (χ1) is 12.9. The number of hydrogen-bond donors (Lipinski definition) is 1. The van der Waals surface area contributed by atoms with Gasteiger partial charge in [-0.1, -0.05) is 45.4 Å². The molecule has 0 radical (unpaired) electrons. The van der Waals surface area contributed by atoms with E-state index in [9.17, 15) is 9.59 Å². The third-order valence-electron chi connectivity index (χ3n) is 5.15. The second-order valence-corrected chi connectivity index (χ2v) is 7.72. The highest BCUT2D eigenvalue weighted by molar-refractivity contribution is 5.81. The van der Waals surface area contributed by atoms with Crippen molar-refractivity contribution in [2.75, 3.05) is 13.1 Å². The summed E-state index contributed by atoms with van der Waals surface area (Å²) >= 11 is 0. The van der Waals surface area contributed by atoms with Crippen molar-refractivity contribution < 1.29 is 14.3 Å². The molecule has 1 atom stereocenters. The Morgan fingerprint density at radius 2 is 1.85 bits per heavy atom. The van der Waals surface area contributed by atoms with Gasteiger partial charge in [0, 0.05) is 25.6 Å². The number of benzene rings is 1. The first kappa shape index (κ1) is 21.3. The van der Waals surface area contributed by atoms with E-state index in [1.54, 1.807) is 6.92 Å². The molecule has 1 aromatic carbocycles. The minimum atomic E-state index is -0.547. The molecule has 0 saturated carbocycles. The van der Waals surface area contributed by atoms with Gasteiger partial charge in [0.05, 0.1) is 0 Å². The third kappa shape index (κ3) is 6.26. The van der Waals surface area contributed by atoms with Gasteiger partial charge >= 0.3 is 0 Å². The van der Waals surface area contributed by atoms with Crippen molar-refractivity contribution in [3.8, 4) is 5.75 Å². The van der Waals surface area contributed by atoms with Crippen molar-refractivity contribution >= 4 is 11.8 Å². The zero-order valence-electron chi connectivity index (χ0n) is 17.2. The minimum absolute atomic E-state index is 0.0932. The van der Waals surface area contributed by atoms with Gasteiger partial charge in [-0.3, -0.25) is 9.59 Å². The van der Waals surface area contributed by atoms with E-state index in [0.717, 1.165) is 50.1 Å². The Bertz CT molecular complexity index is 622. The molecule has 5 nitrogen and oxygen atoms in total. The summed E-state index contributed by atoms with van der Waals surface area (Å²) < 4.78 is 5.94. The van der Waals surface area contributed by atoms with Gasteiger partial charge in [0.15, 0.2) is 6.10 Å². The maximum absolute atomic E-state index is 12.5. The molecule has 5 heteroatoms. The molecule has 0 aliphatic carbocycles. The Labute approximate surface area is 163 Å². The van der Waals surface area contributed by atoms with Crippen molar-refractivity contribution in [1.29, 1.82) is 0 Å². The van der Waals surface area contributed by atoms with Crippen molar-refractivity contribution in [1.82, 2.24) is 10.2 Å². The number of nitrogens with zero attached hydrogens (tertiary/aromatic N) is 1. The van der Waals surface area contributed by atoms with Crippen molar-refractivity contribution in [3.63, 3.8) is 0 Å². The van der Waals surface area contributed by atoms with Crippen LogP contribution in [0.4, 0.5) is 0 Å². The zero-order valence-corrected chi connectivity index (χ0v) is 17.2. The van der Waals surface area contributed by atoms with Crippen molar-refractivity contribution in [2.24, 2.45) is 0 Å². The van der Waals surface area contributed by atoms with Gasteiger partial charge in [-0.25, -0.2) is 0 Å². The summed E-state index contributed by atoms with van der Waals surface area (Å²) in [7, 11) is 0. The molecule has 1 fully saturated rings. The minimum Gasteiger partial charge on any atom is -0.481 e. The molecule has 1 saturated heterocycles. The number of likely N-dealkylation sites (tertiary alicyclic amines) is 1. The van der Waals surface area contributed by atoms with E-state index in [0.29, 0.717) is 12.3 Å². The maximum Gasteiger partial charge on any atom is 0.260 e. The lowest BCUT2D eigenvalue weighted by molar-refractivity contribution is -0.132. The summed E-state index contributed by atoms with van der Waals surface area (Å²) in [4.78, 5) is 26.6. The van der Waals surface area contributed by atoms with Gasteiger partial charge in [0.25, 0.3) is 5.91 Å². The number of amides is 2. The quantitative estimate of drug-likeness (QED) is 0.751. The number of piperidine rings is 1. The van der Waals surface area contributed by atoms with E-state index in [-0.39, 0.29) is 17.9 Å². The van der Waals surface area contributed by atoms with Crippen LogP contribution in [0.25, 0.3) is 0 Å². The number of carbonyl (C=O) groups excluding carboxylic acids is 2.